The zero-order valence-corrected chi connectivity index (χ0v) is 12.1. The molecular weight excluding hydrogens is 268 g/mol. The summed E-state index contributed by atoms with van der Waals surface area (Å²) in [5, 5.41) is 8.76. The van der Waals surface area contributed by atoms with Crippen molar-refractivity contribution in [3.05, 3.63) is 23.9 Å². The monoisotopic (exact) mass is 286 g/mol. The Labute approximate surface area is 123 Å². The normalized spacial score (nSPS) is 18.9. The van der Waals surface area contributed by atoms with Gasteiger partial charge < -0.3 is 14.5 Å². The van der Waals surface area contributed by atoms with Crippen LogP contribution in [-0.2, 0) is 9.53 Å². The predicted molar refractivity (Wildman–Crippen MR) is 76.7 cm³/mol. The number of aromatic nitrogens is 1. The first-order valence-corrected chi connectivity index (χ1v) is 7.04. The van der Waals surface area contributed by atoms with E-state index < -0.39 is 0 Å². The molecule has 0 unspecified atom stereocenters. The molecular formula is C15H18N4O2. The van der Waals surface area contributed by atoms with E-state index in [9.17, 15) is 4.79 Å². The minimum atomic E-state index is 0.178. The summed E-state index contributed by atoms with van der Waals surface area (Å²) in [5.74, 6) is 1.08. The van der Waals surface area contributed by atoms with Crippen molar-refractivity contribution in [1.82, 2.24) is 9.88 Å². The quantitative estimate of drug-likeness (QED) is 0.812. The maximum absolute atomic E-state index is 11.8. The Bertz CT molecular complexity index is 564. The summed E-state index contributed by atoms with van der Waals surface area (Å²) in [4.78, 5) is 20.2. The predicted octanol–water partition coefficient (Wildman–Crippen LogP) is 0.638. The van der Waals surface area contributed by atoms with Gasteiger partial charge in [-0.25, -0.2) is 4.98 Å². The number of hydrogen-bond acceptors (Lipinski definition) is 5. The van der Waals surface area contributed by atoms with Gasteiger partial charge in [-0.15, -0.1) is 0 Å². The molecule has 21 heavy (non-hydrogen) atoms. The molecule has 0 aliphatic carbocycles. The molecule has 1 amide bonds. The van der Waals surface area contributed by atoms with Gasteiger partial charge in [0, 0.05) is 44.9 Å². The maximum atomic E-state index is 11.8. The number of anilines is 1. The molecule has 6 nitrogen and oxygen atoms in total. The van der Waals surface area contributed by atoms with Gasteiger partial charge >= 0.3 is 0 Å². The van der Waals surface area contributed by atoms with Crippen molar-refractivity contribution in [3.8, 4) is 6.07 Å². The molecule has 0 saturated carbocycles. The molecule has 110 valence electrons. The number of likely N-dealkylation sites (tertiary alicyclic amines) is 1. The van der Waals surface area contributed by atoms with Gasteiger partial charge in [0.15, 0.2) is 0 Å². The lowest BCUT2D eigenvalue weighted by atomic mass is 9.72. The van der Waals surface area contributed by atoms with Crippen LogP contribution in [0.5, 0.6) is 0 Å². The van der Waals surface area contributed by atoms with E-state index >= 15 is 0 Å². The van der Waals surface area contributed by atoms with Crippen LogP contribution in [0.15, 0.2) is 18.3 Å². The summed E-state index contributed by atoms with van der Waals surface area (Å²) in [7, 11) is 1.61. The number of hydrogen-bond donors (Lipinski definition) is 0. The summed E-state index contributed by atoms with van der Waals surface area (Å²) in [6.45, 7) is 4.02. The second kappa shape index (κ2) is 5.34. The van der Waals surface area contributed by atoms with Crippen LogP contribution < -0.4 is 4.90 Å². The Morgan fingerprint density at radius 3 is 2.76 bits per heavy atom. The fraction of sp³-hybridized carbons (Fsp3) is 0.533. The first kappa shape index (κ1) is 13.8. The highest BCUT2D eigenvalue weighted by Gasteiger charge is 2.53. The van der Waals surface area contributed by atoms with Crippen LogP contribution in [0, 0.1) is 16.7 Å². The minimum Gasteiger partial charge on any atom is -0.384 e. The molecule has 1 aromatic rings. The number of methoxy groups -OCH3 is 1. The molecule has 2 aliphatic heterocycles. The molecule has 3 rings (SSSR count). The maximum Gasteiger partial charge on any atom is 0.224 e. The highest BCUT2D eigenvalue weighted by molar-refractivity contribution is 5.77. The summed E-state index contributed by atoms with van der Waals surface area (Å²) in [5.41, 5.74) is 0.825. The lowest BCUT2D eigenvalue weighted by Gasteiger charge is -2.60. The van der Waals surface area contributed by atoms with E-state index in [1.54, 1.807) is 19.4 Å². The SMILES string of the molecule is COCCC(=O)N1CC2(C1)CN(c1ccc(C#N)cn1)C2. The third kappa shape index (κ3) is 2.57. The summed E-state index contributed by atoms with van der Waals surface area (Å²) in [6.07, 6.45) is 2.06. The van der Waals surface area contributed by atoms with Gasteiger partial charge in [-0.2, -0.15) is 5.26 Å². The number of carbonyl (C=O) groups excluding carboxylic acids is 1. The molecule has 0 bridgehead atoms. The van der Waals surface area contributed by atoms with Crippen LogP contribution in [0.2, 0.25) is 0 Å². The van der Waals surface area contributed by atoms with Crippen LogP contribution in [-0.4, -0.2) is 55.7 Å². The first-order valence-electron chi connectivity index (χ1n) is 7.04. The van der Waals surface area contributed by atoms with E-state index in [0.29, 0.717) is 18.6 Å². The fourth-order valence-corrected chi connectivity index (χ4v) is 3.05. The highest BCUT2D eigenvalue weighted by Crippen LogP contribution is 2.41. The number of ether oxygens (including phenoxy) is 1. The van der Waals surface area contributed by atoms with Gasteiger partial charge in [0.25, 0.3) is 0 Å². The van der Waals surface area contributed by atoms with Crippen LogP contribution >= 0.6 is 0 Å². The van der Waals surface area contributed by atoms with Crippen molar-refractivity contribution in [3.63, 3.8) is 0 Å². The van der Waals surface area contributed by atoms with Gasteiger partial charge in [0.2, 0.25) is 5.91 Å². The molecule has 0 aromatic carbocycles. The standard InChI is InChI=1S/C15H18N4O2/c1-21-5-4-14(20)19-10-15(11-19)8-18(9-15)13-3-2-12(6-16)7-17-13/h2-3,7H,4-5,8-11H2,1H3. The molecule has 6 heteroatoms. The molecule has 2 aliphatic rings. The summed E-state index contributed by atoms with van der Waals surface area (Å²) in [6, 6.07) is 5.73. The number of amides is 1. The molecule has 2 saturated heterocycles. The first-order chi connectivity index (χ1) is 10.2. The van der Waals surface area contributed by atoms with Gasteiger partial charge in [-0.1, -0.05) is 0 Å². The van der Waals surface area contributed by atoms with E-state index in [1.807, 2.05) is 11.0 Å². The minimum absolute atomic E-state index is 0.178. The molecule has 1 spiro atoms. The second-order valence-electron chi connectivity index (χ2n) is 5.87. The lowest BCUT2D eigenvalue weighted by molar-refractivity contribution is -0.146. The number of rotatable bonds is 4. The number of carbonyl (C=O) groups is 1. The van der Waals surface area contributed by atoms with Crippen molar-refractivity contribution < 1.29 is 9.53 Å². The smallest absolute Gasteiger partial charge is 0.224 e. The molecule has 0 atom stereocenters. The molecule has 1 aromatic heterocycles. The van der Waals surface area contributed by atoms with Gasteiger partial charge in [-0.3, -0.25) is 4.79 Å². The van der Waals surface area contributed by atoms with Crippen molar-refractivity contribution in [2.75, 3.05) is 44.8 Å². The van der Waals surface area contributed by atoms with Crippen molar-refractivity contribution in [2.24, 2.45) is 5.41 Å². The third-order valence-corrected chi connectivity index (χ3v) is 4.18. The largest absolute Gasteiger partial charge is 0.384 e. The third-order valence-electron chi connectivity index (χ3n) is 4.18. The average Bonchev–Trinajstić information content (AvgIpc) is 2.42. The van der Waals surface area contributed by atoms with E-state index in [1.165, 1.54) is 0 Å². The zero-order chi connectivity index (χ0) is 14.9. The van der Waals surface area contributed by atoms with Crippen molar-refractivity contribution in [1.29, 1.82) is 5.26 Å². The van der Waals surface area contributed by atoms with Crippen molar-refractivity contribution in [2.45, 2.75) is 6.42 Å². The van der Waals surface area contributed by atoms with Crippen LogP contribution in [0.4, 0.5) is 5.82 Å². The Balaban J connectivity index is 1.48. The highest BCUT2D eigenvalue weighted by atomic mass is 16.5. The number of nitrogens with zero attached hydrogens (tertiary/aromatic N) is 4. The Morgan fingerprint density at radius 2 is 2.19 bits per heavy atom. The van der Waals surface area contributed by atoms with Crippen LogP contribution in [0.3, 0.4) is 0 Å². The number of pyridine rings is 1. The Hall–Kier alpha value is -2.13. The van der Waals surface area contributed by atoms with E-state index in [0.717, 1.165) is 32.0 Å². The molecule has 0 radical (unpaired) electrons. The lowest BCUT2D eigenvalue weighted by Crippen LogP contribution is -2.73. The van der Waals surface area contributed by atoms with Crippen LogP contribution in [0.25, 0.3) is 0 Å². The van der Waals surface area contributed by atoms with E-state index in [-0.39, 0.29) is 11.3 Å². The van der Waals surface area contributed by atoms with Gasteiger partial charge in [0.1, 0.15) is 11.9 Å². The Kier molecular flexibility index (Phi) is 3.52. The van der Waals surface area contributed by atoms with E-state index in [2.05, 4.69) is 16.0 Å². The molecule has 0 N–H and O–H groups in total. The topological polar surface area (TPSA) is 69.5 Å². The summed E-state index contributed by atoms with van der Waals surface area (Å²) < 4.78 is 4.93. The van der Waals surface area contributed by atoms with E-state index in [4.69, 9.17) is 10.00 Å². The fourth-order valence-electron chi connectivity index (χ4n) is 3.05. The molecule has 3 heterocycles. The van der Waals surface area contributed by atoms with Crippen LogP contribution in [0.1, 0.15) is 12.0 Å². The Morgan fingerprint density at radius 1 is 1.43 bits per heavy atom. The zero-order valence-electron chi connectivity index (χ0n) is 12.1. The number of nitriles is 1. The van der Waals surface area contributed by atoms with Crippen molar-refractivity contribution >= 4 is 11.7 Å². The summed E-state index contributed by atoms with van der Waals surface area (Å²) >= 11 is 0. The van der Waals surface area contributed by atoms with Gasteiger partial charge in [-0.05, 0) is 12.1 Å². The average molecular weight is 286 g/mol. The van der Waals surface area contributed by atoms with Gasteiger partial charge in [0.05, 0.1) is 18.6 Å². The second-order valence-corrected chi connectivity index (χ2v) is 5.87. The molecule has 2 fully saturated rings.